The number of nitrogens with zero attached hydrogens (tertiary/aromatic N) is 5. The van der Waals surface area contributed by atoms with E-state index in [9.17, 15) is 19.2 Å². The number of aromatic nitrogens is 5. The summed E-state index contributed by atoms with van der Waals surface area (Å²) in [6.07, 6.45) is 5.13. The fourth-order valence-electron chi connectivity index (χ4n) is 3.71. The van der Waals surface area contributed by atoms with Crippen LogP contribution in [0.3, 0.4) is 0 Å². The number of benzene rings is 1. The van der Waals surface area contributed by atoms with E-state index in [0.29, 0.717) is 28.9 Å². The maximum absolute atomic E-state index is 12.8. The Morgan fingerprint density at radius 3 is 2.77 bits per heavy atom. The smallest absolute Gasteiger partial charge is 0.322 e. The second-order valence-corrected chi connectivity index (χ2v) is 7.10. The third-order valence-electron chi connectivity index (χ3n) is 5.23. The maximum Gasteiger partial charge on any atom is 0.344 e. The lowest BCUT2D eigenvalue weighted by Crippen LogP contribution is -2.52. The zero-order valence-electron chi connectivity index (χ0n) is 15.5. The van der Waals surface area contributed by atoms with Crippen LogP contribution in [0.5, 0.6) is 0 Å². The van der Waals surface area contributed by atoms with Crippen LogP contribution < -0.4 is 11.0 Å². The molecule has 1 fully saturated rings. The molecule has 3 aromatic rings. The first-order valence-electron chi connectivity index (χ1n) is 9.25. The Morgan fingerprint density at radius 1 is 1.13 bits per heavy atom. The molecule has 3 amide bonds. The quantitative estimate of drug-likeness (QED) is 0.573. The number of carbonyl (C=O) groups excluding carboxylic acids is 3. The number of hydrogen-bond donors (Lipinski definition) is 2. The van der Waals surface area contributed by atoms with Crippen LogP contribution in [-0.4, -0.2) is 53.6 Å². The molecule has 30 heavy (non-hydrogen) atoms. The molecule has 1 aromatic carbocycles. The SMILES string of the molecule is O=C1CCC(N2Cc3cc(-n4cc(-c5cnc(=O)[nH]c5)nn4)ccc3C2=O)C(=O)N1. The van der Waals surface area contributed by atoms with Gasteiger partial charge in [0.1, 0.15) is 11.7 Å². The van der Waals surface area contributed by atoms with Crippen LogP contribution in [0.15, 0.2) is 41.6 Å². The summed E-state index contributed by atoms with van der Waals surface area (Å²) >= 11 is 0. The fourth-order valence-corrected chi connectivity index (χ4v) is 3.71. The van der Waals surface area contributed by atoms with E-state index in [2.05, 4.69) is 25.6 Å². The van der Waals surface area contributed by atoms with Gasteiger partial charge in [-0.1, -0.05) is 5.21 Å². The maximum atomic E-state index is 12.8. The Hall–Kier alpha value is -4.15. The zero-order valence-corrected chi connectivity index (χ0v) is 15.5. The van der Waals surface area contributed by atoms with Crippen molar-refractivity contribution in [2.75, 3.05) is 0 Å². The average Bonchev–Trinajstić information content (AvgIpc) is 3.34. The molecule has 0 spiro atoms. The number of piperidine rings is 1. The lowest BCUT2D eigenvalue weighted by molar-refractivity contribution is -0.136. The molecule has 2 aliphatic heterocycles. The number of aromatic amines is 1. The van der Waals surface area contributed by atoms with Gasteiger partial charge in [0, 0.05) is 36.5 Å². The van der Waals surface area contributed by atoms with E-state index < -0.39 is 17.6 Å². The minimum absolute atomic E-state index is 0.211. The largest absolute Gasteiger partial charge is 0.344 e. The molecule has 11 nitrogen and oxygen atoms in total. The van der Waals surface area contributed by atoms with Crippen LogP contribution >= 0.6 is 0 Å². The predicted molar refractivity (Wildman–Crippen MR) is 101 cm³/mol. The van der Waals surface area contributed by atoms with Gasteiger partial charge in [0.15, 0.2) is 0 Å². The first-order valence-corrected chi connectivity index (χ1v) is 9.25. The molecule has 2 aliphatic rings. The molecule has 11 heteroatoms. The van der Waals surface area contributed by atoms with E-state index in [1.54, 1.807) is 23.0 Å². The minimum atomic E-state index is -0.656. The second kappa shape index (κ2) is 6.72. The van der Waals surface area contributed by atoms with Crippen molar-refractivity contribution < 1.29 is 14.4 Å². The summed E-state index contributed by atoms with van der Waals surface area (Å²) in [7, 11) is 0. The van der Waals surface area contributed by atoms with E-state index in [-0.39, 0.29) is 24.8 Å². The van der Waals surface area contributed by atoms with Gasteiger partial charge in [0.25, 0.3) is 5.91 Å². The lowest BCUT2D eigenvalue weighted by atomic mass is 10.0. The van der Waals surface area contributed by atoms with Gasteiger partial charge in [-0.25, -0.2) is 14.5 Å². The molecule has 2 N–H and O–H groups in total. The molecule has 150 valence electrons. The van der Waals surface area contributed by atoms with Crippen molar-refractivity contribution in [3.05, 3.63) is 58.4 Å². The van der Waals surface area contributed by atoms with E-state index in [1.807, 2.05) is 6.07 Å². The molecular weight excluding hydrogens is 390 g/mol. The number of rotatable bonds is 3. The summed E-state index contributed by atoms with van der Waals surface area (Å²) in [5.74, 6) is -0.991. The lowest BCUT2D eigenvalue weighted by Gasteiger charge is -2.29. The molecule has 2 aromatic heterocycles. The number of hydrogen-bond acceptors (Lipinski definition) is 7. The van der Waals surface area contributed by atoms with Crippen LogP contribution in [0.4, 0.5) is 0 Å². The summed E-state index contributed by atoms with van der Waals surface area (Å²) in [6.45, 7) is 0.277. The van der Waals surface area contributed by atoms with Gasteiger partial charge < -0.3 is 9.88 Å². The Labute approximate surface area is 168 Å². The molecule has 1 unspecified atom stereocenters. The van der Waals surface area contributed by atoms with Crippen LogP contribution in [0.1, 0.15) is 28.8 Å². The van der Waals surface area contributed by atoms with Crippen molar-refractivity contribution in [3.63, 3.8) is 0 Å². The summed E-state index contributed by atoms with van der Waals surface area (Å²) in [5, 5.41) is 10.5. The molecule has 5 rings (SSSR count). The predicted octanol–water partition coefficient (Wildman–Crippen LogP) is -0.221. The normalized spacial score (nSPS) is 18.5. The topological polar surface area (TPSA) is 143 Å². The van der Waals surface area contributed by atoms with Gasteiger partial charge in [0.05, 0.1) is 11.9 Å². The van der Waals surface area contributed by atoms with Crippen molar-refractivity contribution in [2.45, 2.75) is 25.4 Å². The summed E-state index contributed by atoms with van der Waals surface area (Å²) in [5.41, 5.74) is 2.68. The van der Waals surface area contributed by atoms with Crippen molar-refractivity contribution >= 4 is 17.7 Å². The van der Waals surface area contributed by atoms with Gasteiger partial charge in [-0.15, -0.1) is 5.10 Å². The van der Waals surface area contributed by atoms with Gasteiger partial charge >= 0.3 is 5.69 Å². The number of H-pyrrole nitrogens is 1. The van der Waals surface area contributed by atoms with E-state index in [1.165, 1.54) is 17.3 Å². The molecule has 1 saturated heterocycles. The highest BCUT2D eigenvalue weighted by Gasteiger charge is 2.39. The van der Waals surface area contributed by atoms with Gasteiger partial charge in [0.2, 0.25) is 11.8 Å². The number of carbonyl (C=O) groups is 3. The first kappa shape index (κ1) is 17.9. The Balaban J connectivity index is 1.41. The number of fused-ring (bicyclic) bond motifs is 1. The summed E-state index contributed by atoms with van der Waals surface area (Å²) < 4.78 is 1.56. The van der Waals surface area contributed by atoms with E-state index in [0.717, 1.165) is 5.56 Å². The number of amides is 3. The van der Waals surface area contributed by atoms with Crippen LogP contribution in [0, 0.1) is 0 Å². The first-order chi connectivity index (χ1) is 14.5. The van der Waals surface area contributed by atoms with Gasteiger partial charge in [-0.2, -0.15) is 0 Å². The van der Waals surface area contributed by atoms with E-state index in [4.69, 9.17) is 0 Å². The van der Waals surface area contributed by atoms with Crippen LogP contribution in [0.2, 0.25) is 0 Å². The Kier molecular flexibility index (Phi) is 4.02. The van der Waals surface area contributed by atoms with Crippen LogP contribution in [-0.2, 0) is 16.1 Å². The van der Waals surface area contributed by atoms with Gasteiger partial charge in [-0.05, 0) is 30.2 Å². The second-order valence-electron chi connectivity index (χ2n) is 7.10. The third kappa shape index (κ3) is 2.96. The Bertz CT molecular complexity index is 1240. The van der Waals surface area contributed by atoms with Crippen LogP contribution in [0.25, 0.3) is 16.9 Å². The summed E-state index contributed by atoms with van der Waals surface area (Å²) in [6, 6.07) is 4.61. The minimum Gasteiger partial charge on any atom is -0.322 e. The van der Waals surface area contributed by atoms with Crippen molar-refractivity contribution in [3.8, 4) is 16.9 Å². The van der Waals surface area contributed by atoms with Crippen molar-refractivity contribution in [1.29, 1.82) is 0 Å². The average molecular weight is 405 g/mol. The molecule has 0 bridgehead atoms. The third-order valence-corrected chi connectivity index (χ3v) is 5.23. The fraction of sp³-hybridized carbons (Fsp3) is 0.211. The highest BCUT2D eigenvalue weighted by molar-refractivity contribution is 6.05. The Morgan fingerprint density at radius 2 is 2.00 bits per heavy atom. The van der Waals surface area contributed by atoms with Crippen molar-refractivity contribution in [1.82, 2.24) is 35.2 Å². The summed E-state index contributed by atoms with van der Waals surface area (Å²) in [4.78, 5) is 55.1. The highest BCUT2D eigenvalue weighted by Crippen LogP contribution is 2.29. The number of nitrogens with one attached hydrogen (secondary N) is 2. The number of imide groups is 1. The standard InChI is InChI=1S/C19H15N7O4/c27-16-4-3-15(17(28)22-16)25-8-10-5-12(1-2-13(10)18(25)29)26-9-14(23-24-26)11-6-20-19(30)21-7-11/h1-2,5-7,9,15H,3-4,8H2,(H,20,21,30)(H,22,27,28). The molecule has 1 atom stereocenters. The highest BCUT2D eigenvalue weighted by atomic mass is 16.2. The van der Waals surface area contributed by atoms with Gasteiger partial charge in [-0.3, -0.25) is 19.7 Å². The van der Waals surface area contributed by atoms with E-state index >= 15 is 0 Å². The zero-order chi connectivity index (χ0) is 20.8. The van der Waals surface area contributed by atoms with Crippen molar-refractivity contribution in [2.24, 2.45) is 0 Å². The molecule has 4 heterocycles. The monoisotopic (exact) mass is 405 g/mol. The molecular formula is C19H15N7O4. The molecule has 0 radical (unpaired) electrons. The molecule has 0 saturated carbocycles. The molecule has 0 aliphatic carbocycles.